The number of carbonyl (C=O) groups excluding carboxylic acids is 1. The van der Waals surface area contributed by atoms with E-state index in [-0.39, 0.29) is 12.2 Å². The predicted octanol–water partition coefficient (Wildman–Crippen LogP) is 3.14. The first-order valence-corrected chi connectivity index (χ1v) is 11.9. The molecule has 8 heteroatoms. The molecule has 0 unspecified atom stereocenters. The molecule has 1 aliphatic carbocycles. The van der Waals surface area contributed by atoms with Crippen molar-refractivity contribution in [2.24, 2.45) is 7.05 Å². The van der Waals surface area contributed by atoms with Crippen molar-refractivity contribution in [1.82, 2.24) is 29.6 Å². The van der Waals surface area contributed by atoms with Crippen LogP contribution in [0.25, 0.3) is 22.2 Å². The Balaban J connectivity index is 1.18. The van der Waals surface area contributed by atoms with Gasteiger partial charge in [-0.25, -0.2) is 9.97 Å². The summed E-state index contributed by atoms with van der Waals surface area (Å²) in [4.78, 5) is 31.8. The Kier molecular flexibility index (Phi) is 5.30. The molecule has 0 atom stereocenters. The van der Waals surface area contributed by atoms with Crippen molar-refractivity contribution < 1.29 is 4.79 Å². The largest absolute Gasteiger partial charge is 0.354 e. The van der Waals surface area contributed by atoms with Crippen LogP contribution in [0.4, 0.5) is 5.82 Å². The lowest BCUT2D eigenvalue weighted by molar-refractivity contribution is 0.0992. The Bertz CT molecular complexity index is 1350. The van der Waals surface area contributed by atoms with Gasteiger partial charge in [0.15, 0.2) is 5.78 Å². The second-order valence-electron chi connectivity index (χ2n) is 9.22. The Hall–Kier alpha value is -3.65. The number of rotatable bonds is 6. The van der Waals surface area contributed by atoms with E-state index in [1.165, 1.54) is 12.8 Å². The number of nitrogens with zero attached hydrogens (tertiary/aromatic N) is 7. The van der Waals surface area contributed by atoms with Crippen molar-refractivity contribution in [3.05, 3.63) is 66.4 Å². The number of piperazine rings is 1. The number of carbonyl (C=O) groups is 1. The molecule has 1 saturated heterocycles. The molecule has 0 bridgehead atoms. The van der Waals surface area contributed by atoms with Crippen LogP contribution in [0.2, 0.25) is 0 Å². The minimum Gasteiger partial charge on any atom is -0.354 e. The van der Waals surface area contributed by atoms with Gasteiger partial charge < -0.3 is 4.90 Å². The molecule has 1 aliphatic heterocycles. The maximum absolute atomic E-state index is 13.1. The fourth-order valence-electron chi connectivity index (χ4n) is 4.66. The number of hydrogen-bond acceptors (Lipinski definition) is 7. The van der Waals surface area contributed by atoms with Crippen LogP contribution >= 0.6 is 0 Å². The summed E-state index contributed by atoms with van der Waals surface area (Å²) < 4.78 is 1.76. The lowest BCUT2D eigenvalue weighted by Gasteiger charge is -2.35. The van der Waals surface area contributed by atoms with Crippen LogP contribution in [0, 0.1) is 0 Å². The van der Waals surface area contributed by atoms with Crippen molar-refractivity contribution in [1.29, 1.82) is 0 Å². The molecule has 0 radical (unpaired) electrons. The Morgan fingerprint density at radius 1 is 1.03 bits per heavy atom. The van der Waals surface area contributed by atoms with Crippen LogP contribution in [0.5, 0.6) is 0 Å². The van der Waals surface area contributed by atoms with Crippen LogP contribution < -0.4 is 4.90 Å². The summed E-state index contributed by atoms with van der Waals surface area (Å²) in [6.07, 6.45) is 10.2. The molecule has 0 spiro atoms. The predicted molar refractivity (Wildman–Crippen MR) is 131 cm³/mol. The molecule has 6 rings (SSSR count). The second-order valence-corrected chi connectivity index (χ2v) is 9.22. The number of aryl methyl sites for hydroxylation is 1. The summed E-state index contributed by atoms with van der Waals surface area (Å²) in [7, 11) is 1.89. The van der Waals surface area contributed by atoms with E-state index in [4.69, 9.17) is 4.98 Å². The molecular weight excluding hydrogens is 426 g/mol. The van der Waals surface area contributed by atoms with Gasteiger partial charge in [0.1, 0.15) is 5.82 Å². The minimum absolute atomic E-state index is 0.0375. The molecule has 34 heavy (non-hydrogen) atoms. The van der Waals surface area contributed by atoms with Gasteiger partial charge in [0.25, 0.3) is 0 Å². The van der Waals surface area contributed by atoms with Crippen LogP contribution in [-0.2, 0) is 13.5 Å². The number of pyridine rings is 3. The molecule has 0 N–H and O–H groups in total. The third kappa shape index (κ3) is 4.28. The van der Waals surface area contributed by atoms with Gasteiger partial charge >= 0.3 is 0 Å². The van der Waals surface area contributed by atoms with Gasteiger partial charge in [-0.05, 0) is 43.2 Å². The molecular formula is C26H27N7O. The number of Topliss-reactive ketones (excluding diaryl/α,β-unsaturated/α-hetero) is 1. The van der Waals surface area contributed by atoms with Crippen molar-refractivity contribution in [3.8, 4) is 11.3 Å². The molecule has 2 fully saturated rings. The number of anilines is 1. The summed E-state index contributed by atoms with van der Waals surface area (Å²) in [5, 5.41) is 5.17. The summed E-state index contributed by atoms with van der Waals surface area (Å²) in [5.41, 5.74) is 4.02. The van der Waals surface area contributed by atoms with E-state index in [9.17, 15) is 4.79 Å². The second kappa shape index (κ2) is 8.61. The van der Waals surface area contributed by atoms with E-state index < -0.39 is 0 Å². The normalized spacial score (nSPS) is 16.8. The van der Waals surface area contributed by atoms with Crippen LogP contribution in [-0.4, -0.2) is 67.6 Å². The molecule has 1 saturated carbocycles. The zero-order valence-electron chi connectivity index (χ0n) is 19.3. The van der Waals surface area contributed by atoms with Crippen molar-refractivity contribution in [2.45, 2.75) is 25.3 Å². The topological polar surface area (TPSA) is 80.0 Å². The van der Waals surface area contributed by atoms with Gasteiger partial charge in [-0.1, -0.05) is 0 Å². The lowest BCUT2D eigenvalue weighted by atomic mass is 10.1. The highest BCUT2D eigenvalue weighted by Gasteiger charge is 2.31. The summed E-state index contributed by atoms with van der Waals surface area (Å²) >= 11 is 0. The standard InChI is InChI=1S/C26H27N7O/c1-31-17-20(16-29-31)23-5-2-19-15-28-21(13-24(19)30-23)14-25(34)18-6-7-27-26(12-18)33-10-8-32(9-11-33)22-3-4-22/h2,5-7,12-13,15-17,22H,3-4,8-11,14H2,1H3. The van der Waals surface area contributed by atoms with E-state index in [1.807, 2.05) is 37.5 Å². The quantitative estimate of drug-likeness (QED) is 0.415. The first-order chi connectivity index (χ1) is 16.6. The van der Waals surface area contributed by atoms with E-state index in [1.54, 1.807) is 29.3 Å². The number of aromatic nitrogens is 5. The highest BCUT2D eigenvalue weighted by molar-refractivity contribution is 5.98. The SMILES string of the molecule is Cn1cc(-c2ccc3cnc(CC(=O)c4ccnc(N5CCN(C6CC6)CC5)c4)cc3n2)cn1. The fraction of sp³-hybridized carbons (Fsp3) is 0.346. The molecule has 172 valence electrons. The van der Waals surface area contributed by atoms with Crippen LogP contribution in [0.15, 0.2) is 55.1 Å². The number of ketones is 1. The van der Waals surface area contributed by atoms with Gasteiger partial charge in [0, 0.05) is 74.4 Å². The molecule has 5 heterocycles. The molecule has 8 nitrogen and oxygen atoms in total. The zero-order valence-corrected chi connectivity index (χ0v) is 19.3. The maximum atomic E-state index is 13.1. The van der Waals surface area contributed by atoms with Gasteiger partial charge in [-0.3, -0.25) is 19.4 Å². The Morgan fingerprint density at radius 3 is 2.65 bits per heavy atom. The molecule has 2 aliphatic rings. The summed E-state index contributed by atoms with van der Waals surface area (Å²) in [6, 6.07) is 10.4. The summed E-state index contributed by atoms with van der Waals surface area (Å²) in [5.74, 6) is 0.922. The highest BCUT2D eigenvalue weighted by atomic mass is 16.1. The zero-order chi connectivity index (χ0) is 23.1. The average molecular weight is 454 g/mol. The van der Waals surface area contributed by atoms with E-state index in [0.717, 1.165) is 60.2 Å². The van der Waals surface area contributed by atoms with Gasteiger partial charge in [0.05, 0.1) is 29.5 Å². The molecule has 0 amide bonds. The van der Waals surface area contributed by atoms with Crippen molar-refractivity contribution in [2.75, 3.05) is 31.1 Å². The minimum atomic E-state index is 0.0375. The van der Waals surface area contributed by atoms with Crippen molar-refractivity contribution in [3.63, 3.8) is 0 Å². The lowest BCUT2D eigenvalue weighted by Crippen LogP contribution is -2.47. The highest BCUT2D eigenvalue weighted by Crippen LogP contribution is 2.28. The first kappa shape index (κ1) is 20.9. The number of hydrogen-bond donors (Lipinski definition) is 0. The maximum Gasteiger partial charge on any atom is 0.169 e. The third-order valence-electron chi connectivity index (χ3n) is 6.74. The fourth-order valence-corrected chi connectivity index (χ4v) is 4.66. The first-order valence-electron chi connectivity index (χ1n) is 11.9. The van der Waals surface area contributed by atoms with E-state index >= 15 is 0 Å². The average Bonchev–Trinajstić information content (AvgIpc) is 3.64. The Morgan fingerprint density at radius 2 is 1.88 bits per heavy atom. The van der Waals surface area contributed by atoms with Gasteiger partial charge in [-0.15, -0.1) is 0 Å². The van der Waals surface area contributed by atoms with Gasteiger partial charge in [0.2, 0.25) is 0 Å². The number of fused-ring (bicyclic) bond motifs is 1. The van der Waals surface area contributed by atoms with E-state index in [2.05, 4.69) is 24.9 Å². The third-order valence-corrected chi connectivity index (χ3v) is 6.74. The van der Waals surface area contributed by atoms with E-state index in [0.29, 0.717) is 11.3 Å². The smallest absolute Gasteiger partial charge is 0.169 e. The molecule has 4 aromatic heterocycles. The molecule has 0 aromatic carbocycles. The van der Waals surface area contributed by atoms with Gasteiger partial charge in [-0.2, -0.15) is 5.10 Å². The summed E-state index contributed by atoms with van der Waals surface area (Å²) in [6.45, 7) is 4.05. The monoisotopic (exact) mass is 453 g/mol. The van der Waals surface area contributed by atoms with Crippen LogP contribution in [0.3, 0.4) is 0 Å². The van der Waals surface area contributed by atoms with Crippen molar-refractivity contribution >= 4 is 22.5 Å². The van der Waals surface area contributed by atoms with Crippen LogP contribution in [0.1, 0.15) is 28.9 Å². The molecule has 4 aromatic rings. The Labute approximate surface area is 198 Å².